The third kappa shape index (κ3) is 2.40. The van der Waals surface area contributed by atoms with Crippen molar-refractivity contribution in [1.82, 2.24) is 0 Å². The second-order valence-corrected chi connectivity index (χ2v) is 10.9. The summed E-state index contributed by atoms with van der Waals surface area (Å²) < 4.78 is 22.8. The van der Waals surface area contributed by atoms with E-state index >= 15 is 0 Å². The number of aromatic hydroxyl groups is 2. The summed E-state index contributed by atoms with van der Waals surface area (Å²) in [6.45, 7) is 3.94. The number of ether oxygens (including phenoxy) is 3. The number of methoxy groups -OCH3 is 1. The first-order valence-electron chi connectivity index (χ1n) is 12.6. The predicted molar refractivity (Wildman–Crippen MR) is 134 cm³/mol. The molecule has 1 fully saturated rings. The van der Waals surface area contributed by atoms with Crippen molar-refractivity contribution in [1.29, 1.82) is 0 Å². The van der Waals surface area contributed by atoms with Gasteiger partial charge in [-0.1, -0.05) is 0 Å². The van der Waals surface area contributed by atoms with Gasteiger partial charge in [-0.2, -0.15) is 0 Å². The van der Waals surface area contributed by atoms with Crippen molar-refractivity contribution in [3.63, 3.8) is 0 Å². The number of hydrogen-bond acceptors (Lipinski definition) is 11. The number of carbonyl (C=O) groups excluding carboxylic acids is 4. The van der Waals surface area contributed by atoms with Gasteiger partial charge in [-0.05, 0) is 48.2 Å². The maximum absolute atomic E-state index is 14.6. The summed E-state index contributed by atoms with van der Waals surface area (Å²) in [5.41, 5.74) is -3.47. The Morgan fingerprint density at radius 3 is 2.35 bits per heavy atom. The molecule has 1 aromatic heterocycles. The van der Waals surface area contributed by atoms with Gasteiger partial charge in [0.2, 0.25) is 0 Å². The summed E-state index contributed by atoms with van der Waals surface area (Å²) in [5.74, 6) is -6.33. The number of phenols is 2. The molecule has 40 heavy (non-hydrogen) atoms. The largest absolute Gasteiger partial charge is 0.507 e. The molecule has 1 aliphatic heterocycles. The van der Waals surface area contributed by atoms with Crippen LogP contribution < -0.4 is 5.63 Å². The number of hydrogen-bond donors (Lipinski definition) is 2. The fraction of sp³-hybridized carbons (Fsp3) is 0.345. The second kappa shape index (κ2) is 7.36. The molecule has 3 aliphatic carbocycles. The van der Waals surface area contributed by atoms with Gasteiger partial charge in [0.25, 0.3) is 0 Å². The summed E-state index contributed by atoms with van der Waals surface area (Å²) in [6, 6.07) is 2.61. The van der Waals surface area contributed by atoms with E-state index < -0.39 is 76.2 Å². The molecule has 2 unspecified atom stereocenters. The zero-order valence-corrected chi connectivity index (χ0v) is 21.7. The van der Waals surface area contributed by atoms with Crippen molar-refractivity contribution in [2.24, 2.45) is 11.8 Å². The van der Waals surface area contributed by atoms with Gasteiger partial charge in [-0.15, -0.1) is 0 Å². The lowest BCUT2D eigenvalue weighted by Gasteiger charge is -2.47. The van der Waals surface area contributed by atoms with Gasteiger partial charge < -0.3 is 28.8 Å². The zero-order valence-electron chi connectivity index (χ0n) is 21.7. The minimum Gasteiger partial charge on any atom is -0.507 e. The predicted octanol–water partition coefficient (Wildman–Crippen LogP) is 2.34. The highest BCUT2D eigenvalue weighted by Gasteiger charge is 2.80. The average Bonchev–Trinajstić information content (AvgIpc) is 3.06. The molecule has 3 aromatic rings. The molecule has 0 radical (unpaired) electrons. The average molecular weight is 546 g/mol. The highest BCUT2D eigenvalue weighted by atomic mass is 16.6. The van der Waals surface area contributed by atoms with Crippen molar-refractivity contribution >= 4 is 34.3 Å². The van der Waals surface area contributed by atoms with Crippen LogP contribution in [0.3, 0.4) is 0 Å². The Hall–Kier alpha value is -4.51. The highest BCUT2D eigenvalue weighted by molar-refractivity contribution is 6.19. The van der Waals surface area contributed by atoms with Crippen LogP contribution in [-0.4, -0.2) is 53.5 Å². The summed E-state index contributed by atoms with van der Waals surface area (Å²) in [5, 5.41) is 21.5. The van der Waals surface area contributed by atoms with E-state index in [1.165, 1.54) is 19.2 Å². The van der Waals surface area contributed by atoms with Crippen LogP contribution in [0.5, 0.6) is 11.5 Å². The maximum Gasteiger partial charge on any atom is 0.347 e. The molecule has 1 saturated carbocycles. The molecule has 7 rings (SSSR count). The van der Waals surface area contributed by atoms with E-state index in [1.807, 2.05) is 0 Å². The minimum atomic E-state index is -1.83. The summed E-state index contributed by atoms with van der Waals surface area (Å²) in [4.78, 5) is 67.6. The number of ketones is 2. The Kier molecular flexibility index (Phi) is 4.51. The van der Waals surface area contributed by atoms with Crippen molar-refractivity contribution in [3.8, 4) is 11.5 Å². The molecule has 11 nitrogen and oxygen atoms in total. The van der Waals surface area contributed by atoms with E-state index in [-0.39, 0.29) is 38.6 Å². The number of carbonyl (C=O) groups is 4. The van der Waals surface area contributed by atoms with Crippen LogP contribution in [0, 0.1) is 25.7 Å². The second-order valence-electron chi connectivity index (χ2n) is 10.9. The molecule has 4 aliphatic rings. The molecule has 2 N–H and O–H groups in total. The lowest BCUT2D eigenvalue weighted by molar-refractivity contribution is -0.154. The maximum atomic E-state index is 14.6. The van der Waals surface area contributed by atoms with Gasteiger partial charge in [0.1, 0.15) is 47.0 Å². The molecular weight excluding hydrogens is 524 g/mol. The Labute approximate surface area is 225 Å². The first-order valence-corrected chi connectivity index (χ1v) is 12.6. The molecule has 0 saturated heterocycles. The first-order chi connectivity index (χ1) is 18.9. The molecule has 2 aromatic carbocycles. The fourth-order valence-corrected chi connectivity index (χ4v) is 8.08. The van der Waals surface area contributed by atoms with Crippen LogP contribution in [0.25, 0.3) is 10.8 Å². The molecule has 2 bridgehead atoms. The zero-order chi connectivity index (χ0) is 28.6. The summed E-state index contributed by atoms with van der Waals surface area (Å²) >= 11 is 0. The molecule has 2 heterocycles. The monoisotopic (exact) mass is 546 g/mol. The standard InChI is InChI=1S/C29H22O11/c1-9-5-14(32)18-20-15(9)23(34)21-25(40-11(3)30)28(20,8-39-27(18)36)24-22(33)12-7-38-26(35)17-13(31)6-10(2)19(16(12)17)29(21,24)37-4/h5-7,21,24-25,31-32H,8H2,1-4H3/t21?,24-,25?,28-,29-/m1/s1. The summed E-state index contributed by atoms with van der Waals surface area (Å²) in [7, 11) is 1.31. The topological polar surface area (TPSA) is 167 Å². The van der Waals surface area contributed by atoms with Crippen LogP contribution in [0.4, 0.5) is 0 Å². The van der Waals surface area contributed by atoms with Gasteiger partial charge in [-0.3, -0.25) is 14.4 Å². The third-order valence-corrected chi connectivity index (χ3v) is 9.17. The van der Waals surface area contributed by atoms with Gasteiger partial charge in [0.05, 0.1) is 22.8 Å². The fourth-order valence-electron chi connectivity index (χ4n) is 8.08. The number of phenolic OH excluding ortho intramolecular Hbond substituents is 2. The van der Waals surface area contributed by atoms with E-state index in [0.717, 1.165) is 13.2 Å². The van der Waals surface area contributed by atoms with E-state index in [0.29, 0.717) is 11.1 Å². The Morgan fingerprint density at radius 2 is 1.68 bits per heavy atom. The number of Topliss-reactive ketones (excluding diaryl/α,β-unsaturated/α-hetero) is 2. The normalized spacial score (nSPS) is 29.2. The Bertz CT molecular complexity index is 1850. The lowest BCUT2D eigenvalue weighted by Crippen LogP contribution is -2.57. The molecule has 204 valence electrons. The van der Waals surface area contributed by atoms with E-state index in [4.69, 9.17) is 18.6 Å². The van der Waals surface area contributed by atoms with Gasteiger partial charge in [-0.25, -0.2) is 9.59 Å². The van der Waals surface area contributed by atoms with Crippen molar-refractivity contribution in [3.05, 3.63) is 67.8 Å². The Balaban J connectivity index is 1.73. The van der Waals surface area contributed by atoms with Crippen LogP contribution in [0.2, 0.25) is 0 Å². The van der Waals surface area contributed by atoms with Crippen molar-refractivity contribution < 1.29 is 48.0 Å². The number of aryl methyl sites for hydroxylation is 2. The van der Waals surface area contributed by atoms with E-state index in [2.05, 4.69) is 0 Å². The molecule has 1 spiro atoms. The van der Waals surface area contributed by atoms with Crippen LogP contribution in [0.15, 0.2) is 27.6 Å². The van der Waals surface area contributed by atoms with Gasteiger partial charge >= 0.3 is 17.6 Å². The number of benzene rings is 2. The lowest BCUT2D eigenvalue weighted by atomic mass is 9.59. The molecule has 0 amide bonds. The number of esters is 2. The third-order valence-electron chi connectivity index (χ3n) is 9.17. The molecule has 5 atom stereocenters. The number of fused-ring (bicyclic) bond motifs is 4. The number of rotatable bonds is 2. The van der Waals surface area contributed by atoms with Gasteiger partial charge in [0, 0.05) is 25.0 Å². The SMILES string of the molecule is CO[C@@]12c3c(C)cc(O)c4c(=O)occ(c34)C(=O)[C@@H]1[C@@]13COC(=O)c4c(O)cc(C)c(c41)C(=O)C2C3OC(C)=O. The van der Waals surface area contributed by atoms with E-state index in [1.54, 1.807) is 13.8 Å². The van der Waals surface area contributed by atoms with Crippen molar-refractivity contribution in [2.75, 3.05) is 13.7 Å². The Morgan fingerprint density at radius 1 is 0.975 bits per heavy atom. The van der Waals surface area contributed by atoms with Crippen LogP contribution in [-0.2, 0) is 30.0 Å². The molecular formula is C29H22O11. The number of cyclic esters (lactones) is 1. The quantitative estimate of drug-likeness (QED) is 0.453. The summed E-state index contributed by atoms with van der Waals surface area (Å²) in [6.07, 6.45) is -0.353. The first kappa shape index (κ1) is 24.5. The minimum absolute atomic E-state index is 0.0471. The van der Waals surface area contributed by atoms with Crippen LogP contribution >= 0.6 is 0 Å². The highest BCUT2D eigenvalue weighted by Crippen LogP contribution is 2.70. The van der Waals surface area contributed by atoms with Crippen molar-refractivity contribution in [2.45, 2.75) is 37.9 Å². The van der Waals surface area contributed by atoms with Gasteiger partial charge in [0.15, 0.2) is 11.6 Å². The van der Waals surface area contributed by atoms with Crippen LogP contribution in [0.1, 0.15) is 60.3 Å². The molecule has 11 heteroatoms. The smallest absolute Gasteiger partial charge is 0.347 e. The van der Waals surface area contributed by atoms with E-state index in [9.17, 15) is 34.2 Å².